The Hall–Kier alpha value is -2.92. The monoisotopic (exact) mass is 430 g/mol. The van der Waals surface area contributed by atoms with Crippen molar-refractivity contribution in [2.75, 3.05) is 5.73 Å². The van der Waals surface area contributed by atoms with Crippen LogP contribution in [0, 0.1) is 27.7 Å². The summed E-state index contributed by atoms with van der Waals surface area (Å²) in [6.45, 7) is 8.03. The van der Waals surface area contributed by atoms with Crippen molar-refractivity contribution >= 4 is 33.0 Å². The van der Waals surface area contributed by atoms with Gasteiger partial charge in [-0.05, 0) is 93.8 Å². The van der Waals surface area contributed by atoms with Crippen molar-refractivity contribution in [3.05, 3.63) is 68.4 Å². The molecule has 0 saturated carbocycles. The lowest BCUT2D eigenvalue weighted by Crippen LogP contribution is -2.08. The Balaban J connectivity index is 1.77. The van der Waals surface area contributed by atoms with E-state index in [1.54, 1.807) is 0 Å². The van der Waals surface area contributed by atoms with Crippen molar-refractivity contribution < 1.29 is 9.21 Å². The summed E-state index contributed by atoms with van der Waals surface area (Å²) in [6.07, 6.45) is 4.18. The summed E-state index contributed by atoms with van der Waals surface area (Å²) in [5.41, 5.74) is 14.5. The minimum absolute atomic E-state index is 0.0272. The third kappa shape index (κ3) is 3.19. The first-order valence-electron chi connectivity index (χ1n) is 10.8. The van der Waals surface area contributed by atoms with Gasteiger partial charge >= 0.3 is 0 Å². The van der Waals surface area contributed by atoms with E-state index < -0.39 is 0 Å². The van der Waals surface area contributed by atoms with Crippen LogP contribution < -0.4 is 5.73 Å². The molecule has 5 heteroatoms. The van der Waals surface area contributed by atoms with Gasteiger partial charge in [0.25, 0.3) is 0 Å². The molecule has 158 valence electrons. The van der Waals surface area contributed by atoms with E-state index in [1.165, 1.54) is 22.5 Å². The number of aromatic nitrogens is 1. The lowest BCUT2D eigenvalue weighted by molar-refractivity contribution is 0.104. The van der Waals surface area contributed by atoms with Crippen molar-refractivity contribution in [1.82, 2.24) is 4.98 Å². The van der Waals surface area contributed by atoms with Gasteiger partial charge < -0.3 is 10.2 Å². The highest BCUT2D eigenvalue weighted by Gasteiger charge is 2.28. The molecule has 3 heterocycles. The summed E-state index contributed by atoms with van der Waals surface area (Å²) >= 11 is 1.41. The van der Waals surface area contributed by atoms with Gasteiger partial charge in [-0.2, -0.15) is 0 Å². The van der Waals surface area contributed by atoms with Crippen molar-refractivity contribution in [2.45, 2.75) is 53.4 Å². The zero-order chi connectivity index (χ0) is 21.9. The lowest BCUT2D eigenvalue weighted by atomic mass is 9.89. The van der Waals surface area contributed by atoms with E-state index in [-0.39, 0.29) is 5.78 Å². The van der Waals surface area contributed by atoms with E-state index in [0.717, 1.165) is 69.8 Å². The van der Waals surface area contributed by atoms with Crippen LogP contribution in [0.15, 0.2) is 28.7 Å². The molecule has 31 heavy (non-hydrogen) atoms. The Kier molecular flexibility index (Phi) is 4.74. The highest BCUT2D eigenvalue weighted by molar-refractivity contribution is 7.21. The number of nitrogens with zero attached hydrogens (tertiary/aromatic N) is 1. The molecule has 3 aromatic heterocycles. The van der Waals surface area contributed by atoms with Gasteiger partial charge in [0.15, 0.2) is 0 Å². The quantitative estimate of drug-likeness (QED) is 0.378. The average Bonchev–Trinajstić information content (AvgIpc) is 3.32. The first kappa shape index (κ1) is 20.0. The molecule has 0 saturated heterocycles. The standard InChI is InChI=1S/C26H26N2O2S/c1-13-11-15(3)18(12-14(13)2)24(29)25-23(27)22-21(20-10-9-16(4)30-20)17-7-5-6-8-19(17)28-26(22)31-25/h9-12H,5-8,27H2,1-4H3. The molecule has 1 aliphatic carbocycles. The highest BCUT2D eigenvalue weighted by atomic mass is 32.1. The van der Waals surface area contributed by atoms with Gasteiger partial charge in [0, 0.05) is 22.2 Å². The number of thiophene rings is 1. The van der Waals surface area contributed by atoms with E-state index in [0.29, 0.717) is 16.1 Å². The minimum atomic E-state index is -0.0272. The molecular formula is C26H26N2O2S. The number of ketones is 1. The summed E-state index contributed by atoms with van der Waals surface area (Å²) in [7, 11) is 0. The second kappa shape index (κ2) is 7.34. The van der Waals surface area contributed by atoms with Crippen molar-refractivity contribution in [1.29, 1.82) is 0 Å². The van der Waals surface area contributed by atoms with Crippen LogP contribution in [0.4, 0.5) is 5.69 Å². The zero-order valence-corrected chi connectivity index (χ0v) is 19.2. The Bertz CT molecular complexity index is 1360. The van der Waals surface area contributed by atoms with Gasteiger partial charge in [-0.15, -0.1) is 11.3 Å². The fourth-order valence-corrected chi connectivity index (χ4v) is 5.72. The maximum absolute atomic E-state index is 13.6. The largest absolute Gasteiger partial charge is 0.461 e. The Morgan fingerprint density at radius 2 is 1.77 bits per heavy atom. The molecule has 0 radical (unpaired) electrons. The lowest BCUT2D eigenvalue weighted by Gasteiger charge is -2.18. The van der Waals surface area contributed by atoms with Crippen molar-refractivity contribution in [3.63, 3.8) is 0 Å². The van der Waals surface area contributed by atoms with Gasteiger partial charge in [-0.25, -0.2) is 4.98 Å². The summed E-state index contributed by atoms with van der Waals surface area (Å²) in [6, 6.07) is 8.03. The molecule has 0 fully saturated rings. The third-order valence-electron chi connectivity index (χ3n) is 6.43. The van der Waals surface area contributed by atoms with E-state index in [2.05, 4.69) is 13.0 Å². The van der Waals surface area contributed by atoms with Crippen molar-refractivity contribution in [3.8, 4) is 11.3 Å². The summed E-state index contributed by atoms with van der Waals surface area (Å²) in [5.74, 6) is 1.65. The molecule has 4 aromatic rings. The number of fused-ring (bicyclic) bond motifs is 2. The number of carbonyl (C=O) groups excluding carboxylic acids is 1. The first-order chi connectivity index (χ1) is 14.8. The van der Waals surface area contributed by atoms with Gasteiger partial charge in [-0.1, -0.05) is 6.07 Å². The fourth-order valence-electron chi connectivity index (χ4n) is 4.64. The maximum atomic E-state index is 13.6. The smallest absolute Gasteiger partial charge is 0.205 e. The van der Waals surface area contributed by atoms with E-state index in [9.17, 15) is 4.79 Å². The first-order valence-corrected chi connectivity index (χ1v) is 11.6. The summed E-state index contributed by atoms with van der Waals surface area (Å²) in [4.78, 5) is 19.9. The van der Waals surface area contributed by atoms with Gasteiger partial charge in [0.1, 0.15) is 21.2 Å². The Morgan fingerprint density at radius 3 is 2.52 bits per heavy atom. The number of carbonyl (C=O) groups is 1. The molecule has 4 nitrogen and oxygen atoms in total. The summed E-state index contributed by atoms with van der Waals surface area (Å²) < 4.78 is 6.04. The predicted octanol–water partition coefficient (Wildman–Crippen LogP) is 6.48. The normalized spacial score (nSPS) is 13.5. The number of hydrogen-bond acceptors (Lipinski definition) is 5. The zero-order valence-electron chi connectivity index (χ0n) is 18.4. The number of anilines is 1. The minimum Gasteiger partial charge on any atom is -0.461 e. The molecule has 1 aliphatic rings. The fraction of sp³-hybridized carbons (Fsp3) is 0.308. The molecule has 0 unspecified atom stereocenters. The second-order valence-electron chi connectivity index (χ2n) is 8.63. The van der Waals surface area contributed by atoms with Crippen LogP contribution in [-0.2, 0) is 12.8 Å². The number of nitrogen functional groups attached to an aromatic ring is 1. The van der Waals surface area contributed by atoms with Gasteiger partial charge in [0.05, 0.1) is 5.69 Å². The van der Waals surface area contributed by atoms with E-state index in [1.807, 2.05) is 39.0 Å². The van der Waals surface area contributed by atoms with Crippen LogP contribution >= 0.6 is 11.3 Å². The molecular weight excluding hydrogens is 404 g/mol. The Labute approximate surface area is 186 Å². The number of furan rings is 1. The average molecular weight is 431 g/mol. The molecule has 0 amide bonds. The third-order valence-corrected chi connectivity index (χ3v) is 7.53. The molecule has 2 N–H and O–H groups in total. The number of aryl methyl sites for hydroxylation is 5. The number of hydrogen-bond donors (Lipinski definition) is 1. The van der Waals surface area contributed by atoms with Crippen LogP contribution in [0.5, 0.6) is 0 Å². The number of rotatable bonds is 3. The number of benzene rings is 1. The van der Waals surface area contributed by atoms with Gasteiger partial charge in [0.2, 0.25) is 5.78 Å². The molecule has 5 rings (SSSR count). The van der Waals surface area contributed by atoms with Crippen LogP contribution in [0.3, 0.4) is 0 Å². The Morgan fingerprint density at radius 1 is 1.03 bits per heavy atom. The van der Waals surface area contributed by atoms with E-state index >= 15 is 0 Å². The predicted molar refractivity (Wildman–Crippen MR) is 127 cm³/mol. The summed E-state index contributed by atoms with van der Waals surface area (Å²) in [5, 5.41) is 0.866. The van der Waals surface area contributed by atoms with Gasteiger partial charge in [-0.3, -0.25) is 4.79 Å². The topological polar surface area (TPSA) is 69.1 Å². The maximum Gasteiger partial charge on any atom is 0.205 e. The number of pyridine rings is 1. The van der Waals surface area contributed by atoms with Crippen LogP contribution in [0.2, 0.25) is 0 Å². The molecule has 1 aromatic carbocycles. The van der Waals surface area contributed by atoms with Crippen LogP contribution in [0.1, 0.15) is 61.8 Å². The molecule has 0 atom stereocenters. The molecule has 0 aliphatic heterocycles. The molecule has 0 spiro atoms. The van der Waals surface area contributed by atoms with Crippen molar-refractivity contribution in [2.24, 2.45) is 0 Å². The second-order valence-corrected chi connectivity index (χ2v) is 9.63. The van der Waals surface area contributed by atoms with Crippen LogP contribution in [-0.4, -0.2) is 10.8 Å². The van der Waals surface area contributed by atoms with Crippen LogP contribution in [0.25, 0.3) is 21.5 Å². The highest BCUT2D eigenvalue weighted by Crippen LogP contribution is 2.44. The van der Waals surface area contributed by atoms with E-state index in [4.69, 9.17) is 15.1 Å². The number of nitrogens with two attached hydrogens (primary N) is 1. The molecule has 0 bridgehead atoms. The SMILES string of the molecule is Cc1ccc(-c2c3c(nc4sc(C(=O)c5cc(C)c(C)cc5C)c(N)c24)CCCC3)o1.